The van der Waals surface area contributed by atoms with Crippen LogP contribution in [0.25, 0.3) is 11.4 Å². The number of hydrogen-bond acceptors (Lipinski definition) is 8. The Morgan fingerprint density at radius 2 is 2.24 bits per heavy atom. The molecular formula is C12H8N8S. The van der Waals surface area contributed by atoms with Crippen molar-refractivity contribution in [2.75, 3.05) is 0 Å². The van der Waals surface area contributed by atoms with Crippen LogP contribution in [0.1, 0.15) is 11.4 Å². The molecule has 0 aliphatic rings. The second kappa shape index (κ2) is 5.56. The van der Waals surface area contributed by atoms with Crippen molar-refractivity contribution in [2.45, 2.75) is 6.92 Å². The van der Waals surface area contributed by atoms with Crippen molar-refractivity contribution in [3.05, 3.63) is 35.8 Å². The van der Waals surface area contributed by atoms with Gasteiger partial charge in [-0.2, -0.15) is 14.7 Å². The van der Waals surface area contributed by atoms with Crippen LogP contribution < -0.4 is 0 Å². The largest absolute Gasteiger partial charge is 0.273 e. The first kappa shape index (κ1) is 13.0. The van der Waals surface area contributed by atoms with Crippen molar-refractivity contribution in [1.29, 1.82) is 5.26 Å². The zero-order valence-electron chi connectivity index (χ0n) is 10.8. The van der Waals surface area contributed by atoms with Crippen LogP contribution >= 0.6 is 11.5 Å². The Balaban J connectivity index is 1.96. The number of nitriles is 1. The molecule has 0 aliphatic heterocycles. The number of hydrogen-bond donors (Lipinski definition) is 1. The first-order chi connectivity index (χ1) is 10.3. The number of nitrogens with zero attached hydrogens (tertiary/aromatic N) is 7. The smallest absolute Gasteiger partial charge is 0.249 e. The SMILES string of the molecule is Cc1nsc(N=Nc2n[nH]c(-c3ccccn3)c2C#N)n1. The number of pyridine rings is 1. The maximum absolute atomic E-state index is 9.29. The second-order valence-corrected chi connectivity index (χ2v) is 4.68. The van der Waals surface area contributed by atoms with E-state index in [1.54, 1.807) is 25.3 Å². The topological polar surface area (TPSA) is 116 Å². The average Bonchev–Trinajstić information content (AvgIpc) is 3.11. The van der Waals surface area contributed by atoms with E-state index >= 15 is 0 Å². The monoisotopic (exact) mass is 296 g/mol. The van der Waals surface area contributed by atoms with Gasteiger partial charge in [0.2, 0.25) is 10.9 Å². The molecule has 21 heavy (non-hydrogen) atoms. The lowest BCUT2D eigenvalue weighted by molar-refractivity contribution is 1.05. The minimum absolute atomic E-state index is 0.200. The quantitative estimate of drug-likeness (QED) is 0.746. The van der Waals surface area contributed by atoms with Crippen molar-refractivity contribution in [3.63, 3.8) is 0 Å². The summed E-state index contributed by atoms with van der Waals surface area (Å²) in [6, 6.07) is 7.47. The number of nitrogens with one attached hydrogen (secondary N) is 1. The van der Waals surface area contributed by atoms with Gasteiger partial charge in [-0.05, 0) is 19.1 Å². The molecule has 0 radical (unpaired) electrons. The zero-order chi connectivity index (χ0) is 14.7. The number of rotatable bonds is 3. The predicted molar refractivity (Wildman–Crippen MR) is 75.4 cm³/mol. The van der Waals surface area contributed by atoms with Gasteiger partial charge in [0, 0.05) is 17.7 Å². The van der Waals surface area contributed by atoms with E-state index in [0.29, 0.717) is 27.9 Å². The molecule has 3 aromatic rings. The summed E-state index contributed by atoms with van der Waals surface area (Å²) in [7, 11) is 0. The van der Waals surface area contributed by atoms with Crippen LogP contribution in [0.15, 0.2) is 34.6 Å². The van der Waals surface area contributed by atoms with Gasteiger partial charge < -0.3 is 0 Å². The highest BCUT2D eigenvalue weighted by molar-refractivity contribution is 7.09. The Labute approximate surface area is 123 Å². The summed E-state index contributed by atoms with van der Waals surface area (Å²) in [6.45, 7) is 1.77. The average molecular weight is 296 g/mol. The Hall–Kier alpha value is -2.99. The number of azo groups is 1. The molecule has 0 fully saturated rings. The highest BCUT2D eigenvalue weighted by Crippen LogP contribution is 2.27. The summed E-state index contributed by atoms with van der Waals surface area (Å²) >= 11 is 1.13. The van der Waals surface area contributed by atoms with Crippen molar-refractivity contribution in [3.8, 4) is 17.5 Å². The van der Waals surface area contributed by atoms with E-state index in [1.807, 2.05) is 6.07 Å². The molecular weight excluding hydrogens is 288 g/mol. The molecule has 3 aromatic heterocycles. The Morgan fingerprint density at radius 3 is 2.90 bits per heavy atom. The van der Waals surface area contributed by atoms with Gasteiger partial charge in [0.05, 0.1) is 5.69 Å². The van der Waals surface area contributed by atoms with E-state index in [-0.39, 0.29) is 5.82 Å². The zero-order valence-corrected chi connectivity index (χ0v) is 11.7. The van der Waals surface area contributed by atoms with E-state index in [1.165, 1.54) is 0 Å². The number of aromatic nitrogens is 5. The van der Waals surface area contributed by atoms with Gasteiger partial charge in [-0.1, -0.05) is 6.07 Å². The number of aromatic amines is 1. The van der Waals surface area contributed by atoms with Crippen LogP contribution in [-0.2, 0) is 0 Å². The van der Waals surface area contributed by atoms with Crippen molar-refractivity contribution < 1.29 is 0 Å². The molecule has 0 saturated heterocycles. The lowest BCUT2D eigenvalue weighted by Crippen LogP contribution is -1.84. The van der Waals surface area contributed by atoms with Crippen LogP contribution in [0.4, 0.5) is 10.9 Å². The normalized spacial score (nSPS) is 10.9. The van der Waals surface area contributed by atoms with E-state index in [2.05, 4.69) is 40.8 Å². The van der Waals surface area contributed by atoms with Gasteiger partial charge >= 0.3 is 0 Å². The molecule has 3 heterocycles. The number of aryl methyl sites for hydroxylation is 1. The Morgan fingerprint density at radius 1 is 1.33 bits per heavy atom. The fourth-order valence-corrected chi connectivity index (χ4v) is 2.13. The lowest BCUT2D eigenvalue weighted by atomic mass is 10.2. The summed E-state index contributed by atoms with van der Waals surface area (Å²) in [6.07, 6.45) is 1.64. The van der Waals surface area contributed by atoms with E-state index < -0.39 is 0 Å². The van der Waals surface area contributed by atoms with Gasteiger partial charge in [-0.3, -0.25) is 10.1 Å². The standard InChI is InChI=1S/C12H8N8S/c1-7-15-12(21-20-7)19-18-11-8(6-13)10(16-17-11)9-4-2-3-5-14-9/h2-5H,1H3,(H,16,17). The minimum atomic E-state index is 0.200. The molecule has 8 nitrogen and oxygen atoms in total. The molecule has 0 spiro atoms. The van der Waals surface area contributed by atoms with Gasteiger partial charge in [-0.25, -0.2) is 4.98 Å². The van der Waals surface area contributed by atoms with Crippen LogP contribution in [0.2, 0.25) is 0 Å². The maximum Gasteiger partial charge on any atom is 0.249 e. The third kappa shape index (κ3) is 2.65. The molecule has 1 N–H and O–H groups in total. The highest BCUT2D eigenvalue weighted by atomic mass is 32.1. The van der Waals surface area contributed by atoms with E-state index in [0.717, 1.165) is 11.5 Å². The van der Waals surface area contributed by atoms with Gasteiger partial charge in [0.1, 0.15) is 23.2 Å². The third-order valence-corrected chi connectivity index (χ3v) is 3.22. The number of H-pyrrole nitrogens is 1. The summed E-state index contributed by atoms with van der Waals surface area (Å²) in [5.41, 5.74) is 1.42. The molecule has 0 saturated carbocycles. The molecule has 3 rings (SSSR count). The summed E-state index contributed by atoms with van der Waals surface area (Å²) < 4.78 is 4.00. The lowest BCUT2D eigenvalue weighted by Gasteiger charge is -1.95. The maximum atomic E-state index is 9.29. The molecule has 0 aliphatic carbocycles. The molecule has 0 atom stereocenters. The van der Waals surface area contributed by atoms with Crippen molar-refractivity contribution in [1.82, 2.24) is 24.5 Å². The second-order valence-electron chi connectivity index (χ2n) is 3.95. The Bertz CT molecular complexity index is 827. The summed E-state index contributed by atoms with van der Waals surface area (Å²) in [5.74, 6) is 0.830. The van der Waals surface area contributed by atoms with Crippen LogP contribution in [0.5, 0.6) is 0 Å². The van der Waals surface area contributed by atoms with Crippen molar-refractivity contribution >= 4 is 22.5 Å². The fourth-order valence-electron chi connectivity index (χ4n) is 1.62. The molecule has 9 heteroatoms. The molecule has 102 valence electrons. The minimum Gasteiger partial charge on any atom is -0.273 e. The van der Waals surface area contributed by atoms with Crippen LogP contribution in [-0.4, -0.2) is 24.5 Å². The predicted octanol–water partition coefficient (Wildman–Crippen LogP) is 2.92. The molecule has 0 aromatic carbocycles. The van der Waals surface area contributed by atoms with Gasteiger partial charge in [0.25, 0.3) is 0 Å². The third-order valence-electron chi connectivity index (χ3n) is 2.53. The summed E-state index contributed by atoms with van der Waals surface area (Å²) in [5, 5.41) is 24.3. The fraction of sp³-hybridized carbons (Fsp3) is 0.0833. The van der Waals surface area contributed by atoms with Crippen LogP contribution in [0, 0.1) is 18.3 Å². The Kier molecular flexibility index (Phi) is 3.44. The molecule has 0 bridgehead atoms. The van der Waals surface area contributed by atoms with Crippen LogP contribution in [0.3, 0.4) is 0 Å². The summed E-state index contributed by atoms with van der Waals surface area (Å²) in [4.78, 5) is 8.24. The molecule has 0 unspecified atom stereocenters. The highest BCUT2D eigenvalue weighted by Gasteiger charge is 2.15. The van der Waals surface area contributed by atoms with Gasteiger partial charge in [-0.15, -0.1) is 10.2 Å². The van der Waals surface area contributed by atoms with Crippen molar-refractivity contribution in [2.24, 2.45) is 10.2 Å². The van der Waals surface area contributed by atoms with Gasteiger partial charge in [0.15, 0.2) is 0 Å². The first-order valence-corrected chi connectivity index (χ1v) is 6.67. The van der Waals surface area contributed by atoms with E-state index in [9.17, 15) is 5.26 Å². The first-order valence-electron chi connectivity index (χ1n) is 5.90. The van der Waals surface area contributed by atoms with E-state index in [4.69, 9.17) is 0 Å². The molecule has 0 amide bonds.